The average molecular weight is 263 g/mol. The van der Waals surface area contributed by atoms with E-state index in [-0.39, 0.29) is 0 Å². The molecule has 1 aromatic rings. The third kappa shape index (κ3) is 6.75. The van der Waals surface area contributed by atoms with Crippen LogP contribution in [0.1, 0.15) is 57.4 Å². The molecule has 0 amide bonds. The zero-order valence-electron chi connectivity index (χ0n) is 11.5. The van der Waals surface area contributed by atoms with Gasteiger partial charge in [0.1, 0.15) is 4.99 Å². The predicted molar refractivity (Wildman–Crippen MR) is 84.1 cm³/mol. The van der Waals surface area contributed by atoms with Crippen LogP contribution in [0.4, 0.5) is 0 Å². The van der Waals surface area contributed by atoms with Crippen molar-refractivity contribution in [3.05, 3.63) is 35.9 Å². The molecule has 1 nitrogen and oxygen atoms in total. The Hall–Kier alpha value is -0.890. The van der Waals surface area contributed by atoms with E-state index in [2.05, 4.69) is 24.4 Å². The predicted octanol–water partition coefficient (Wildman–Crippen LogP) is 4.70. The van der Waals surface area contributed by atoms with E-state index in [0.29, 0.717) is 0 Å². The van der Waals surface area contributed by atoms with Gasteiger partial charge >= 0.3 is 0 Å². The van der Waals surface area contributed by atoms with Crippen LogP contribution >= 0.6 is 12.2 Å². The Balaban J connectivity index is 2.00. The molecule has 0 saturated heterocycles. The van der Waals surface area contributed by atoms with E-state index in [9.17, 15) is 0 Å². The van der Waals surface area contributed by atoms with Crippen LogP contribution in [0.25, 0.3) is 0 Å². The lowest BCUT2D eigenvalue weighted by Crippen LogP contribution is -2.23. The van der Waals surface area contributed by atoms with Gasteiger partial charge in [-0.25, -0.2) is 0 Å². The Labute approximate surface area is 117 Å². The number of rotatable bonds is 9. The molecule has 0 aliphatic heterocycles. The molecule has 1 aromatic carbocycles. The van der Waals surface area contributed by atoms with E-state index in [1.165, 1.54) is 44.9 Å². The summed E-state index contributed by atoms with van der Waals surface area (Å²) in [7, 11) is 0. The van der Waals surface area contributed by atoms with Gasteiger partial charge in [-0.1, -0.05) is 88.0 Å². The van der Waals surface area contributed by atoms with Gasteiger partial charge < -0.3 is 5.32 Å². The Bertz CT molecular complexity index is 321. The lowest BCUT2D eigenvalue weighted by molar-refractivity contribution is 0.586. The number of hydrogen-bond donors (Lipinski definition) is 1. The van der Waals surface area contributed by atoms with Crippen molar-refractivity contribution >= 4 is 17.2 Å². The van der Waals surface area contributed by atoms with Crippen molar-refractivity contribution in [1.29, 1.82) is 0 Å². The standard InChI is InChI=1S/C16H25NS/c1-2-3-4-5-6-7-11-14-17-16(18)15-12-9-8-10-13-15/h8-10,12-13H,2-7,11,14H2,1H3,(H,17,18). The summed E-state index contributed by atoms with van der Waals surface area (Å²) in [5, 5.41) is 3.33. The Kier molecular flexibility index (Phi) is 8.49. The van der Waals surface area contributed by atoms with Crippen LogP contribution < -0.4 is 5.32 Å². The molecular weight excluding hydrogens is 238 g/mol. The van der Waals surface area contributed by atoms with Crippen LogP contribution in [0.15, 0.2) is 30.3 Å². The van der Waals surface area contributed by atoms with Gasteiger partial charge in [-0.3, -0.25) is 0 Å². The SMILES string of the molecule is CCCCCCCCCNC(=S)c1ccccc1. The Morgan fingerprint density at radius 3 is 2.22 bits per heavy atom. The molecule has 18 heavy (non-hydrogen) atoms. The minimum Gasteiger partial charge on any atom is -0.376 e. The fraction of sp³-hybridized carbons (Fsp3) is 0.562. The van der Waals surface area contributed by atoms with Crippen LogP contribution in [-0.4, -0.2) is 11.5 Å². The second-order valence-electron chi connectivity index (χ2n) is 4.74. The number of nitrogens with one attached hydrogen (secondary N) is 1. The topological polar surface area (TPSA) is 12.0 Å². The van der Waals surface area contributed by atoms with Gasteiger partial charge in [0.2, 0.25) is 0 Å². The summed E-state index contributed by atoms with van der Waals surface area (Å²) in [4.78, 5) is 0.876. The summed E-state index contributed by atoms with van der Waals surface area (Å²) in [6.45, 7) is 3.26. The van der Waals surface area contributed by atoms with E-state index in [0.717, 1.165) is 17.1 Å². The van der Waals surface area contributed by atoms with E-state index in [1.807, 2.05) is 18.2 Å². The molecule has 1 N–H and O–H groups in total. The first-order valence-electron chi connectivity index (χ1n) is 7.18. The summed E-state index contributed by atoms with van der Waals surface area (Å²) < 4.78 is 0. The van der Waals surface area contributed by atoms with Crippen LogP contribution in [0.2, 0.25) is 0 Å². The molecule has 2 heteroatoms. The zero-order chi connectivity index (χ0) is 13.1. The number of thiocarbonyl (C=S) groups is 1. The highest BCUT2D eigenvalue weighted by atomic mass is 32.1. The lowest BCUT2D eigenvalue weighted by Gasteiger charge is -2.07. The average Bonchev–Trinajstić information content (AvgIpc) is 2.42. The second-order valence-corrected chi connectivity index (χ2v) is 5.15. The van der Waals surface area contributed by atoms with Gasteiger partial charge in [-0.2, -0.15) is 0 Å². The Morgan fingerprint density at radius 2 is 1.56 bits per heavy atom. The molecule has 0 spiro atoms. The van der Waals surface area contributed by atoms with Gasteiger partial charge in [-0.05, 0) is 6.42 Å². The van der Waals surface area contributed by atoms with E-state index in [4.69, 9.17) is 12.2 Å². The molecule has 0 aliphatic rings. The minimum atomic E-state index is 0.876. The molecule has 0 fully saturated rings. The molecule has 0 saturated carbocycles. The molecule has 100 valence electrons. The minimum absolute atomic E-state index is 0.876. The quantitative estimate of drug-likeness (QED) is 0.512. The third-order valence-corrected chi connectivity index (χ3v) is 3.48. The van der Waals surface area contributed by atoms with Crippen molar-refractivity contribution in [3.63, 3.8) is 0 Å². The molecule has 0 radical (unpaired) electrons. The highest BCUT2D eigenvalue weighted by molar-refractivity contribution is 7.80. The Morgan fingerprint density at radius 1 is 0.944 bits per heavy atom. The summed E-state index contributed by atoms with van der Waals surface area (Å²) >= 11 is 5.34. The highest BCUT2D eigenvalue weighted by Gasteiger charge is 1.98. The first kappa shape index (κ1) is 15.2. The van der Waals surface area contributed by atoms with E-state index in [1.54, 1.807) is 0 Å². The number of unbranched alkanes of at least 4 members (excludes halogenated alkanes) is 6. The van der Waals surface area contributed by atoms with Crippen LogP contribution in [0.3, 0.4) is 0 Å². The number of benzene rings is 1. The smallest absolute Gasteiger partial charge is 0.106 e. The van der Waals surface area contributed by atoms with Gasteiger partial charge in [0, 0.05) is 12.1 Å². The summed E-state index contributed by atoms with van der Waals surface area (Å²) in [5.74, 6) is 0. The fourth-order valence-electron chi connectivity index (χ4n) is 1.98. The zero-order valence-corrected chi connectivity index (χ0v) is 12.3. The molecule has 0 heterocycles. The third-order valence-electron chi connectivity index (χ3n) is 3.10. The van der Waals surface area contributed by atoms with E-state index >= 15 is 0 Å². The van der Waals surface area contributed by atoms with Crippen molar-refractivity contribution in [2.75, 3.05) is 6.54 Å². The molecule has 0 aromatic heterocycles. The monoisotopic (exact) mass is 263 g/mol. The van der Waals surface area contributed by atoms with Crippen molar-refractivity contribution in [3.8, 4) is 0 Å². The first-order chi connectivity index (χ1) is 8.84. The molecule has 0 aliphatic carbocycles. The molecular formula is C16H25NS. The van der Waals surface area contributed by atoms with Crippen molar-refractivity contribution < 1.29 is 0 Å². The summed E-state index contributed by atoms with van der Waals surface area (Å²) in [6, 6.07) is 10.2. The molecule has 0 unspecified atom stereocenters. The van der Waals surface area contributed by atoms with Gasteiger partial charge in [0.05, 0.1) is 0 Å². The highest BCUT2D eigenvalue weighted by Crippen LogP contribution is 2.06. The van der Waals surface area contributed by atoms with Gasteiger partial charge in [-0.15, -0.1) is 0 Å². The van der Waals surface area contributed by atoms with Crippen LogP contribution in [-0.2, 0) is 0 Å². The van der Waals surface area contributed by atoms with Crippen LogP contribution in [0, 0.1) is 0 Å². The molecule has 0 atom stereocenters. The second kappa shape index (κ2) is 10.1. The molecule has 1 rings (SSSR count). The summed E-state index contributed by atoms with van der Waals surface area (Å²) in [6.07, 6.45) is 9.39. The summed E-state index contributed by atoms with van der Waals surface area (Å²) in [5.41, 5.74) is 1.12. The van der Waals surface area contributed by atoms with Crippen LogP contribution in [0.5, 0.6) is 0 Å². The van der Waals surface area contributed by atoms with Gasteiger partial charge in [0.25, 0.3) is 0 Å². The largest absolute Gasteiger partial charge is 0.376 e. The first-order valence-corrected chi connectivity index (χ1v) is 7.58. The van der Waals surface area contributed by atoms with Gasteiger partial charge in [0.15, 0.2) is 0 Å². The maximum atomic E-state index is 5.34. The van der Waals surface area contributed by atoms with Crippen molar-refractivity contribution in [2.45, 2.75) is 51.9 Å². The maximum Gasteiger partial charge on any atom is 0.106 e. The maximum absolute atomic E-state index is 5.34. The van der Waals surface area contributed by atoms with Crippen molar-refractivity contribution in [1.82, 2.24) is 5.32 Å². The van der Waals surface area contributed by atoms with E-state index < -0.39 is 0 Å². The van der Waals surface area contributed by atoms with Crippen molar-refractivity contribution in [2.24, 2.45) is 0 Å². The molecule has 0 bridgehead atoms. The fourth-order valence-corrected chi connectivity index (χ4v) is 2.21. The lowest BCUT2D eigenvalue weighted by atomic mass is 10.1. The number of hydrogen-bond acceptors (Lipinski definition) is 1. The normalized spacial score (nSPS) is 10.3.